The predicted octanol–water partition coefficient (Wildman–Crippen LogP) is 11.0. The average Bonchev–Trinajstić information content (AvgIpc) is 3.68. The quantitative estimate of drug-likeness (QED) is 0.192. The summed E-state index contributed by atoms with van der Waals surface area (Å²) in [4.78, 5) is 13.6. The van der Waals surface area contributed by atoms with E-state index in [1.807, 2.05) is 54.6 Å². The van der Waals surface area contributed by atoms with Gasteiger partial charge in [0.1, 0.15) is 16.8 Å². The van der Waals surface area contributed by atoms with Crippen molar-refractivity contribution in [1.82, 2.24) is 14.5 Å². The minimum atomic E-state index is 0.576. The molecule has 214 valence electrons. The lowest BCUT2D eigenvalue weighted by atomic mass is 10.0. The van der Waals surface area contributed by atoms with Crippen LogP contribution in [0.5, 0.6) is 0 Å². The highest BCUT2D eigenvalue weighted by atomic mass is 16.3. The van der Waals surface area contributed by atoms with Crippen LogP contribution >= 0.6 is 0 Å². The van der Waals surface area contributed by atoms with Crippen molar-refractivity contribution in [3.63, 3.8) is 0 Å². The maximum Gasteiger partial charge on any atom is 0.187 e. The van der Waals surface area contributed by atoms with Crippen molar-refractivity contribution < 1.29 is 4.42 Å². The summed E-state index contributed by atoms with van der Waals surface area (Å²) in [7, 11) is 0. The largest absolute Gasteiger partial charge is 0.451 e. The number of rotatable bonds is 4. The second-order valence-electron chi connectivity index (χ2n) is 11.3. The van der Waals surface area contributed by atoms with Crippen LogP contribution in [0.15, 0.2) is 150 Å². The van der Waals surface area contributed by atoms with E-state index in [4.69, 9.17) is 21.0 Å². The van der Waals surface area contributed by atoms with E-state index in [1.165, 1.54) is 21.8 Å². The van der Waals surface area contributed by atoms with Gasteiger partial charge in [0.15, 0.2) is 17.1 Å². The van der Waals surface area contributed by atoms with Gasteiger partial charge in [0.25, 0.3) is 0 Å². The molecule has 3 heterocycles. The zero-order chi connectivity index (χ0) is 30.6. The molecule has 46 heavy (non-hydrogen) atoms. The third-order valence-corrected chi connectivity index (χ3v) is 8.64. The summed E-state index contributed by atoms with van der Waals surface area (Å²) in [5.41, 5.74) is 10.6. The van der Waals surface area contributed by atoms with Crippen LogP contribution in [0.1, 0.15) is 0 Å². The van der Waals surface area contributed by atoms with E-state index in [-0.39, 0.29) is 0 Å². The number of para-hydroxylation sites is 3. The van der Waals surface area contributed by atoms with Gasteiger partial charge in [-0.05, 0) is 35.9 Å². The Morgan fingerprint density at radius 3 is 1.93 bits per heavy atom. The highest BCUT2D eigenvalue weighted by Crippen LogP contribution is 2.40. The molecule has 0 fully saturated rings. The molecule has 0 aliphatic heterocycles. The summed E-state index contributed by atoms with van der Waals surface area (Å²) < 4.78 is 9.08. The fraction of sp³-hybridized carbons (Fsp3) is 0. The lowest BCUT2D eigenvalue weighted by Crippen LogP contribution is -1.94. The number of hydrogen-bond acceptors (Lipinski definition) is 3. The summed E-state index contributed by atoms with van der Waals surface area (Å²) in [5, 5.41) is 3.38. The predicted molar refractivity (Wildman–Crippen MR) is 186 cm³/mol. The van der Waals surface area contributed by atoms with Crippen molar-refractivity contribution in [3.05, 3.63) is 157 Å². The van der Waals surface area contributed by atoms with Crippen molar-refractivity contribution in [2.45, 2.75) is 0 Å². The highest BCUT2D eigenvalue weighted by molar-refractivity contribution is 6.12. The van der Waals surface area contributed by atoms with Gasteiger partial charge in [-0.2, -0.15) is 0 Å². The molecule has 3 aromatic heterocycles. The van der Waals surface area contributed by atoms with Crippen LogP contribution in [0.2, 0.25) is 0 Å². The minimum Gasteiger partial charge on any atom is -0.451 e. The number of hydrogen-bond donors (Lipinski definition) is 0. The van der Waals surface area contributed by atoms with Gasteiger partial charge in [0, 0.05) is 38.5 Å². The second kappa shape index (κ2) is 10.3. The lowest BCUT2D eigenvalue weighted by molar-refractivity contribution is 0.668. The second-order valence-corrected chi connectivity index (χ2v) is 11.3. The number of furan rings is 1. The molecule has 0 unspecified atom stereocenters. The molecule has 0 aliphatic carbocycles. The van der Waals surface area contributed by atoms with Gasteiger partial charge in [0.2, 0.25) is 0 Å². The Kier molecular flexibility index (Phi) is 5.81. The first-order valence-corrected chi connectivity index (χ1v) is 15.1. The normalized spacial score (nSPS) is 11.5. The summed E-state index contributed by atoms with van der Waals surface area (Å²) in [6.07, 6.45) is 0. The molecule has 0 saturated carbocycles. The third kappa shape index (κ3) is 4.02. The molecule has 5 heteroatoms. The first-order chi connectivity index (χ1) is 22.8. The Balaban J connectivity index is 1.28. The van der Waals surface area contributed by atoms with E-state index < -0.39 is 0 Å². The molecule has 0 bridgehead atoms. The Morgan fingerprint density at radius 2 is 1.20 bits per heavy atom. The SMILES string of the molecule is [C-]#[N+]c1ccc(-c2nc(-c3ccccc3)nc3c2oc2c(-c4cccc(-n5c6ccccc6c6ccccc65)c4)cccc23)cc1. The summed E-state index contributed by atoms with van der Waals surface area (Å²) in [5.74, 6) is 0.624. The Labute approximate surface area is 264 Å². The molecule has 0 N–H and O–H groups in total. The summed E-state index contributed by atoms with van der Waals surface area (Å²) >= 11 is 0. The van der Waals surface area contributed by atoms with E-state index in [9.17, 15) is 0 Å². The molecule has 0 atom stereocenters. The van der Waals surface area contributed by atoms with Crippen LogP contribution in [-0.2, 0) is 0 Å². The molecule has 0 spiro atoms. The molecule has 6 aromatic carbocycles. The van der Waals surface area contributed by atoms with Gasteiger partial charge >= 0.3 is 0 Å². The maximum atomic E-state index is 7.39. The topological polar surface area (TPSA) is 48.2 Å². The number of aromatic nitrogens is 3. The fourth-order valence-electron chi connectivity index (χ4n) is 6.51. The zero-order valence-corrected chi connectivity index (χ0v) is 24.6. The highest BCUT2D eigenvalue weighted by Gasteiger charge is 2.21. The molecule has 0 aliphatic rings. The molecule has 0 saturated heterocycles. The van der Waals surface area contributed by atoms with Gasteiger partial charge in [-0.15, -0.1) is 0 Å². The van der Waals surface area contributed by atoms with E-state index in [2.05, 4.69) is 100 Å². The van der Waals surface area contributed by atoms with Crippen molar-refractivity contribution in [1.29, 1.82) is 0 Å². The minimum absolute atomic E-state index is 0.576. The smallest absolute Gasteiger partial charge is 0.187 e. The van der Waals surface area contributed by atoms with E-state index in [0.717, 1.165) is 44.4 Å². The first kappa shape index (κ1) is 25.9. The lowest BCUT2D eigenvalue weighted by Gasteiger charge is -2.10. The molecule has 9 aromatic rings. The summed E-state index contributed by atoms with van der Waals surface area (Å²) in [6.45, 7) is 7.39. The molecule has 9 rings (SSSR count). The maximum absolute atomic E-state index is 7.39. The van der Waals surface area contributed by atoms with Crippen LogP contribution in [0.4, 0.5) is 5.69 Å². The monoisotopic (exact) mass is 588 g/mol. The summed E-state index contributed by atoms with van der Waals surface area (Å²) in [6, 6.07) is 49.4. The van der Waals surface area contributed by atoms with Gasteiger partial charge in [-0.25, -0.2) is 14.8 Å². The third-order valence-electron chi connectivity index (χ3n) is 8.64. The molecule has 0 amide bonds. The van der Waals surface area contributed by atoms with Crippen LogP contribution in [-0.4, -0.2) is 14.5 Å². The van der Waals surface area contributed by atoms with Crippen molar-refractivity contribution in [3.8, 4) is 39.5 Å². The van der Waals surface area contributed by atoms with Crippen LogP contribution in [0.3, 0.4) is 0 Å². The van der Waals surface area contributed by atoms with Crippen LogP contribution < -0.4 is 0 Å². The Morgan fingerprint density at radius 1 is 0.543 bits per heavy atom. The van der Waals surface area contributed by atoms with Crippen molar-refractivity contribution in [2.24, 2.45) is 0 Å². The van der Waals surface area contributed by atoms with Gasteiger partial charge in [-0.1, -0.05) is 115 Å². The van der Waals surface area contributed by atoms with Crippen LogP contribution in [0, 0.1) is 6.57 Å². The van der Waals surface area contributed by atoms with Crippen LogP contribution in [0.25, 0.3) is 88.2 Å². The Bertz CT molecular complexity index is 2590. The number of nitrogens with zero attached hydrogens (tertiary/aromatic N) is 4. The van der Waals surface area contributed by atoms with Crippen molar-refractivity contribution >= 4 is 49.6 Å². The van der Waals surface area contributed by atoms with E-state index in [1.54, 1.807) is 0 Å². The standard InChI is InChI=1S/C41H24N4O/c1-42-29-23-21-26(22-24-29)37-40-38(44-41(43-37)27-11-3-2-4-12-27)34-18-10-17-31(39(34)46-40)28-13-9-14-30(25-28)45-35-19-7-5-15-32(35)33-16-6-8-20-36(33)45/h2-25H. The molecular weight excluding hydrogens is 564 g/mol. The van der Waals surface area contributed by atoms with Gasteiger partial charge in [0.05, 0.1) is 17.6 Å². The van der Waals surface area contributed by atoms with Gasteiger partial charge in [-0.3, -0.25) is 0 Å². The zero-order valence-electron chi connectivity index (χ0n) is 24.6. The molecule has 0 radical (unpaired) electrons. The first-order valence-electron chi connectivity index (χ1n) is 15.1. The number of benzene rings is 6. The molecular formula is C41H24N4O. The van der Waals surface area contributed by atoms with Crippen molar-refractivity contribution in [2.75, 3.05) is 0 Å². The number of fused-ring (bicyclic) bond motifs is 6. The molecule has 5 nitrogen and oxygen atoms in total. The van der Waals surface area contributed by atoms with Gasteiger partial charge < -0.3 is 8.98 Å². The Hall–Kier alpha value is -6.51. The fourth-order valence-corrected chi connectivity index (χ4v) is 6.51. The van der Waals surface area contributed by atoms with E-state index >= 15 is 0 Å². The average molecular weight is 589 g/mol. The van der Waals surface area contributed by atoms with E-state index in [0.29, 0.717) is 22.8 Å².